The first-order chi connectivity index (χ1) is 3.31. The lowest BCUT2D eigenvalue weighted by Crippen LogP contribution is -1.81. The molecule has 0 bridgehead atoms. The highest BCUT2D eigenvalue weighted by molar-refractivity contribution is 6.19. The molecule has 1 nitrogen and oxygen atoms in total. The van der Waals surface area contributed by atoms with Crippen molar-refractivity contribution in [3.8, 4) is 0 Å². The van der Waals surface area contributed by atoms with E-state index in [9.17, 15) is 4.79 Å². The third-order valence-corrected chi connectivity index (χ3v) is 0.615. The molecule has 0 N–H and O–H groups in total. The molecule has 0 spiro atoms. The van der Waals surface area contributed by atoms with Gasteiger partial charge < -0.3 is 0 Å². The van der Waals surface area contributed by atoms with Crippen LogP contribution < -0.4 is 0 Å². The number of ketones is 1. The van der Waals surface area contributed by atoms with Crippen molar-refractivity contribution in [1.82, 2.24) is 0 Å². The zero-order valence-corrected chi connectivity index (χ0v) is 4.85. The Bertz CT molecular complexity index is 105. The van der Waals surface area contributed by atoms with Crippen molar-refractivity contribution in [2.45, 2.75) is 0 Å². The van der Waals surface area contributed by atoms with Crippen molar-refractivity contribution in [1.29, 1.82) is 0 Å². The number of hydrogen-bond donors (Lipinski definition) is 0. The van der Waals surface area contributed by atoms with Gasteiger partial charge in [-0.2, -0.15) is 0 Å². The van der Waals surface area contributed by atoms with Crippen LogP contribution in [0.5, 0.6) is 0 Å². The Hall–Kier alpha value is -0.633. The van der Waals surface area contributed by atoms with Gasteiger partial charge in [-0.25, -0.2) is 0 Å². The van der Waals surface area contributed by atoms with E-state index in [2.05, 4.69) is 16.8 Å². The molecule has 0 aromatic heterocycles. The lowest BCUT2D eigenvalue weighted by atomic mass is 10.4. The molecular weight excluding hydrogens is 104 g/mol. The summed E-state index contributed by atoms with van der Waals surface area (Å²) in [4.78, 5) is 10.2. The van der Waals surface area contributed by atoms with Crippen LogP contribution in [0.1, 0.15) is 0 Å². The van der Waals surface area contributed by atoms with E-state index in [4.69, 9.17) is 0 Å². The van der Waals surface area contributed by atoms with E-state index in [1.807, 2.05) is 0 Å². The first kappa shape index (κ1) is 6.37. The van der Waals surface area contributed by atoms with Gasteiger partial charge in [0.05, 0.1) is 10.2 Å². The van der Waals surface area contributed by atoms with Gasteiger partial charge in [0.25, 0.3) is 0 Å². The van der Waals surface area contributed by atoms with E-state index in [1.165, 1.54) is 17.9 Å². The molecule has 0 aromatic rings. The van der Waals surface area contributed by atoms with Gasteiger partial charge in [-0.15, -0.1) is 0 Å². The van der Waals surface area contributed by atoms with Crippen LogP contribution in [0.2, 0.25) is 0 Å². The second-order valence-electron chi connectivity index (χ2n) is 0.940. The Morgan fingerprint density at radius 3 is 2.43 bits per heavy atom. The Morgan fingerprint density at radius 1 is 1.71 bits per heavy atom. The molecule has 0 aromatic carbocycles. The van der Waals surface area contributed by atoms with Gasteiger partial charge in [-0.05, 0) is 12.2 Å². The number of carbonyl (C=O) groups is 1. The third-order valence-electron chi connectivity index (χ3n) is 0.449. The molecule has 0 amide bonds. The van der Waals surface area contributed by atoms with E-state index in [1.54, 1.807) is 0 Å². The van der Waals surface area contributed by atoms with Crippen molar-refractivity contribution in [2.24, 2.45) is 0 Å². The minimum atomic E-state index is -0.0880. The second kappa shape index (κ2) is 3.55. The van der Waals surface area contributed by atoms with Gasteiger partial charge in [0.15, 0.2) is 5.78 Å². The maximum Gasteiger partial charge on any atom is 0.177 e. The van der Waals surface area contributed by atoms with Gasteiger partial charge in [0.1, 0.15) is 0 Å². The highest BCUT2D eigenvalue weighted by atomic mass is 28.1. The van der Waals surface area contributed by atoms with Gasteiger partial charge in [0.2, 0.25) is 0 Å². The van der Waals surface area contributed by atoms with Crippen LogP contribution in [0.3, 0.4) is 0 Å². The first-order valence-corrected chi connectivity index (χ1v) is 2.39. The number of carbonyl (C=O) groups excluding carboxylic acids is 1. The number of rotatable bonds is 2. The maximum atomic E-state index is 10.2. The SMILES string of the molecule is C=CC(=O)/C=C/[Si]. The van der Waals surface area contributed by atoms with Crippen LogP contribution in [-0.4, -0.2) is 16.0 Å². The highest BCUT2D eigenvalue weighted by Gasteiger charge is 1.78. The summed E-state index contributed by atoms with van der Waals surface area (Å²) in [6, 6.07) is 0. The summed E-state index contributed by atoms with van der Waals surface area (Å²) in [6.45, 7) is 3.26. The van der Waals surface area contributed by atoms with E-state index in [-0.39, 0.29) is 5.78 Å². The van der Waals surface area contributed by atoms with Gasteiger partial charge in [-0.1, -0.05) is 12.3 Å². The summed E-state index contributed by atoms with van der Waals surface area (Å²) in [5.74, 6) is -0.0880. The molecule has 2 heteroatoms. The van der Waals surface area contributed by atoms with E-state index >= 15 is 0 Å². The Labute approximate surface area is 46.2 Å². The van der Waals surface area contributed by atoms with E-state index in [0.717, 1.165) is 0 Å². The zero-order valence-electron chi connectivity index (χ0n) is 3.85. The number of allylic oxidation sites excluding steroid dienone is 2. The Balaban J connectivity index is 3.58. The van der Waals surface area contributed by atoms with Crippen LogP contribution in [0, 0.1) is 0 Å². The number of hydrogen-bond acceptors (Lipinski definition) is 1. The fraction of sp³-hybridized carbons (Fsp3) is 0. The predicted molar refractivity (Wildman–Crippen MR) is 30.1 cm³/mol. The quantitative estimate of drug-likeness (QED) is 0.371. The second-order valence-corrected chi connectivity index (χ2v) is 1.27. The summed E-state index contributed by atoms with van der Waals surface area (Å²) < 4.78 is 0. The molecule has 0 saturated carbocycles. The Kier molecular flexibility index (Phi) is 3.23. The van der Waals surface area contributed by atoms with Gasteiger partial charge in [-0.3, -0.25) is 4.79 Å². The lowest BCUT2D eigenvalue weighted by molar-refractivity contribution is -0.110. The zero-order chi connectivity index (χ0) is 5.70. The minimum absolute atomic E-state index is 0.0880. The van der Waals surface area contributed by atoms with Gasteiger partial charge >= 0.3 is 0 Å². The first-order valence-electron chi connectivity index (χ1n) is 1.81. The van der Waals surface area contributed by atoms with Gasteiger partial charge in [0, 0.05) is 0 Å². The molecule has 0 aliphatic carbocycles. The summed E-state index contributed by atoms with van der Waals surface area (Å²) >= 11 is 0. The van der Waals surface area contributed by atoms with Crippen molar-refractivity contribution in [3.05, 3.63) is 24.4 Å². The largest absolute Gasteiger partial charge is 0.290 e. The molecule has 0 heterocycles. The molecule has 0 aliphatic rings. The van der Waals surface area contributed by atoms with Crippen LogP contribution in [0.25, 0.3) is 0 Å². The summed E-state index contributed by atoms with van der Waals surface area (Å²) in [5.41, 5.74) is 1.49. The van der Waals surface area contributed by atoms with Crippen molar-refractivity contribution in [3.63, 3.8) is 0 Å². The minimum Gasteiger partial charge on any atom is -0.290 e. The molecule has 7 heavy (non-hydrogen) atoms. The smallest absolute Gasteiger partial charge is 0.177 e. The average molecular weight is 109 g/mol. The molecule has 0 aliphatic heterocycles. The molecule has 0 saturated heterocycles. The summed E-state index contributed by atoms with van der Waals surface area (Å²) in [5, 5.41) is 0. The molecule has 35 valence electrons. The lowest BCUT2D eigenvalue weighted by Gasteiger charge is -1.71. The van der Waals surface area contributed by atoms with Crippen LogP contribution in [0.15, 0.2) is 24.4 Å². The van der Waals surface area contributed by atoms with Crippen LogP contribution in [0.4, 0.5) is 0 Å². The normalized spacial score (nSPS) is 9.29. The van der Waals surface area contributed by atoms with Crippen molar-refractivity contribution in [2.75, 3.05) is 0 Å². The molecular formula is C5H5OSi. The Morgan fingerprint density at radius 2 is 2.29 bits per heavy atom. The molecule has 0 rings (SSSR count). The van der Waals surface area contributed by atoms with Crippen molar-refractivity contribution >= 4 is 16.0 Å². The maximum absolute atomic E-state index is 10.2. The summed E-state index contributed by atoms with van der Waals surface area (Å²) in [6.07, 6.45) is 2.63. The molecule has 0 atom stereocenters. The topological polar surface area (TPSA) is 17.1 Å². The standard InChI is InChI=1S/C5H5OSi/c1-2-5(6)3-4-7/h2-4H,1H2/b4-3+. The van der Waals surface area contributed by atoms with E-state index < -0.39 is 0 Å². The average Bonchev–Trinajstić information content (AvgIpc) is 1.68. The molecule has 0 fully saturated rings. The summed E-state index contributed by atoms with van der Waals surface area (Å²) in [7, 11) is 2.98. The predicted octanol–water partition coefficient (Wildman–Crippen LogP) is 0.424. The molecule has 0 unspecified atom stereocenters. The van der Waals surface area contributed by atoms with E-state index in [0.29, 0.717) is 0 Å². The fourth-order valence-corrected chi connectivity index (χ4v) is 0.314. The van der Waals surface area contributed by atoms with Crippen molar-refractivity contribution < 1.29 is 4.79 Å². The molecule has 3 radical (unpaired) electrons. The highest BCUT2D eigenvalue weighted by Crippen LogP contribution is 1.72. The van der Waals surface area contributed by atoms with Crippen LogP contribution in [-0.2, 0) is 4.79 Å². The van der Waals surface area contributed by atoms with Crippen LogP contribution >= 0.6 is 0 Å². The monoisotopic (exact) mass is 109 g/mol. The fourth-order valence-electron chi connectivity index (χ4n) is 0.150. The third kappa shape index (κ3) is 3.19.